The number of carbonyl (C=O) groups is 1. The van der Waals surface area contributed by atoms with Gasteiger partial charge in [0.05, 0.1) is 0 Å². The lowest BCUT2D eigenvalue weighted by molar-refractivity contribution is -0.697. The number of rotatable bonds is 17. The van der Waals surface area contributed by atoms with E-state index in [-0.39, 0.29) is 22.9 Å². The number of aromatic nitrogens is 1. The number of ether oxygens (including phenoxy) is 1. The van der Waals surface area contributed by atoms with Gasteiger partial charge >= 0.3 is 5.97 Å². The van der Waals surface area contributed by atoms with Crippen LogP contribution >= 0.6 is 0 Å². The maximum absolute atomic E-state index is 13.8. The predicted molar refractivity (Wildman–Crippen MR) is 231 cm³/mol. The fraction of sp³-hybridized carbons (Fsp3) is 0.846. The standard InChI is InChI=1S/C52H86NO2/c1-10-11-12-13-14-15-16-17-18-19-20-21-22-23-36-53-37-24-25-41(38-53)47(54)55-45-30-32-50(7)43(48(45,4)5)29-33-52(9)44(50)27-26-42-46-40(3)39(2)28-31-49(46,6)34-35-51(42,52)8/h24-26,37-40,43-46H,10-23,27-36H2,1-9H3/q+1/t39-,40+,43+,44-,45+,46+,49-,50+,51-,52-/m1/s1. The molecule has 0 radical (unpaired) electrons. The Bertz CT molecular complexity index is 1460. The fourth-order valence-electron chi connectivity index (χ4n) is 14.5. The molecule has 55 heavy (non-hydrogen) atoms. The molecular weight excluding hydrogens is 671 g/mol. The van der Waals surface area contributed by atoms with Gasteiger partial charge in [-0.15, -0.1) is 0 Å². The Morgan fingerprint density at radius 3 is 2.04 bits per heavy atom. The zero-order valence-electron chi connectivity index (χ0n) is 37.6. The topological polar surface area (TPSA) is 30.2 Å². The van der Waals surface area contributed by atoms with E-state index in [1.54, 1.807) is 0 Å². The number of hydrogen-bond acceptors (Lipinski definition) is 2. The average molecular weight is 757 g/mol. The largest absolute Gasteiger partial charge is 0.458 e. The Morgan fingerprint density at radius 1 is 0.745 bits per heavy atom. The van der Waals surface area contributed by atoms with E-state index in [0.717, 1.165) is 30.7 Å². The van der Waals surface area contributed by atoms with Crippen molar-refractivity contribution in [1.82, 2.24) is 0 Å². The van der Waals surface area contributed by atoms with E-state index in [4.69, 9.17) is 4.74 Å². The average Bonchev–Trinajstić information content (AvgIpc) is 3.15. The van der Waals surface area contributed by atoms with Crippen molar-refractivity contribution in [3.05, 3.63) is 41.7 Å². The van der Waals surface area contributed by atoms with E-state index in [0.29, 0.717) is 33.6 Å². The van der Waals surface area contributed by atoms with Gasteiger partial charge in [-0.2, -0.15) is 0 Å². The summed E-state index contributed by atoms with van der Waals surface area (Å²) in [4.78, 5) is 13.8. The van der Waals surface area contributed by atoms with E-state index < -0.39 is 0 Å². The van der Waals surface area contributed by atoms with Crippen molar-refractivity contribution >= 4 is 5.97 Å². The molecule has 1 aromatic rings. The summed E-state index contributed by atoms with van der Waals surface area (Å²) >= 11 is 0. The third kappa shape index (κ3) is 8.45. The molecule has 0 N–H and O–H groups in total. The van der Waals surface area contributed by atoms with E-state index in [9.17, 15) is 4.79 Å². The lowest BCUT2D eigenvalue weighted by Crippen LogP contribution is -2.65. The fourth-order valence-corrected chi connectivity index (χ4v) is 14.5. The van der Waals surface area contributed by atoms with Crippen LogP contribution in [0.4, 0.5) is 0 Å². The molecule has 1 heterocycles. The molecular formula is C52H86NO2+. The second-order valence-corrected chi connectivity index (χ2v) is 22.0. The highest BCUT2D eigenvalue weighted by molar-refractivity contribution is 5.88. The zero-order chi connectivity index (χ0) is 39.5. The quantitative estimate of drug-likeness (QED) is 0.0686. The number of unbranched alkanes of at least 4 members (excludes halogenated alkanes) is 13. The van der Waals surface area contributed by atoms with Crippen molar-refractivity contribution in [3.8, 4) is 0 Å². The molecule has 3 heteroatoms. The van der Waals surface area contributed by atoms with Gasteiger partial charge in [0.1, 0.15) is 18.2 Å². The first-order valence-corrected chi connectivity index (χ1v) is 24.1. The smallest absolute Gasteiger partial charge is 0.344 e. The molecule has 1 aromatic heterocycles. The number of pyridine rings is 1. The minimum atomic E-state index is -0.128. The van der Waals surface area contributed by atoms with Crippen LogP contribution in [0.1, 0.15) is 220 Å². The maximum Gasteiger partial charge on any atom is 0.344 e. The number of esters is 1. The van der Waals surface area contributed by atoms with Gasteiger partial charge in [-0.25, -0.2) is 9.36 Å². The monoisotopic (exact) mass is 757 g/mol. The summed E-state index contributed by atoms with van der Waals surface area (Å²) in [5.41, 5.74) is 3.90. The Morgan fingerprint density at radius 2 is 1.38 bits per heavy atom. The SMILES string of the molecule is CCCCCCCCCCCCCCCC[n+]1cccc(C(=O)O[C@H]2CC[C@]3(C)[C@H]4CC=C5[C@@H]6[C@@H](C)[C@H](C)CC[C@]6(C)CC[C@@]5(C)[C@]4(C)CC[C@H]3C2(C)C)c1. The summed E-state index contributed by atoms with van der Waals surface area (Å²) < 4.78 is 8.78. The van der Waals surface area contributed by atoms with Gasteiger partial charge in [0, 0.05) is 17.9 Å². The van der Waals surface area contributed by atoms with Crippen LogP contribution in [0.15, 0.2) is 36.2 Å². The Balaban J connectivity index is 1.00. The van der Waals surface area contributed by atoms with E-state index in [1.807, 2.05) is 23.9 Å². The first-order chi connectivity index (χ1) is 26.2. The molecule has 4 fully saturated rings. The third-order valence-electron chi connectivity index (χ3n) is 18.4. The first kappa shape index (κ1) is 43.0. The molecule has 0 aliphatic heterocycles. The highest BCUT2D eigenvalue weighted by Crippen LogP contribution is 2.75. The van der Waals surface area contributed by atoms with Gasteiger partial charge in [0.15, 0.2) is 12.4 Å². The summed E-state index contributed by atoms with van der Waals surface area (Å²) in [5, 5.41) is 0. The number of fused-ring (bicyclic) bond motifs is 7. The van der Waals surface area contributed by atoms with Gasteiger partial charge in [-0.3, -0.25) is 0 Å². The van der Waals surface area contributed by atoms with Crippen LogP contribution in [-0.2, 0) is 11.3 Å². The van der Waals surface area contributed by atoms with Gasteiger partial charge in [-0.05, 0) is 122 Å². The lowest BCUT2D eigenvalue weighted by Gasteiger charge is -2.71. The molecule has 0 spiro atoms. The molecule has 0 saturated heterocycles. The number of nitrogens with zero attached hydrogens (tertiary/aromatic N) is 1. The zero-order valence-corrected chi connectivity index (χ0v) is 37.6. The molecule has 4 saturated carbocycles. The van der Waals surface area contributed by atoms with Crippen molar-refractivity contribution in [2.75, 3.05) is 0 Å². The normalized spacial score (nSPS) is 37.9. The van der Waals surface area contributed by atoms with Crippen molar-refractivity contribution in [2.24, 2.45) is 56.7 Å². The van der Waals surface area contributed by atoms with Crippen molar-refractivity contribution in [1.29, 1.82) is 0 Å². The van der Waals surface area contributed by atoms with E-state index >= 15 is 0 Å². The molecule has 310 valence electrons. The molecule has 0 unspecified atom stereocenters. The summed E-state index contributed by atoms with van der Waals surface area (Å²) in [7, 11) is 0. The first-order valence-electron chi connectivity index (χ1n) is 24.1. The van der Waals surface area contributed by atoms with Crippen LogP contribution in [0.5, 0.6) is 0 Å². The maximum atomic E-state index is 13.8. The molecule has 0 bridgehead atoms. The summed E-state index contributed by atoms with van der Waals surface area (Å²) in [6.07, 6.45) is 37.7. The minimum absolute atomic E-state index is 0.0351. The van der Waals surface area contributed by atoms with Crippen LogP contribution in [0.25, 0.3) is 0 Å². The molecule has 3 nitrogen and oxygen atoms in total. The van der Waals surface area contributed by atoms with Crippen molar-refractivity contribution in [3.63, 3.8) is 0 Å². The van der Waals surface area contributed by atoms with Gasteiger partial charge in [0.25, 0.3) is 0 Å². The van der Waals surface area contributed by atoms with Crippen LogP contribution in [0.2, 0.25) is 0 Å². The Labute approximate surface area is 340 Å². The highest BCUT2D eigenvalue weighted by atomic mass is 16.5. The molecule has 10 atom stereocenters. The van der Waals surface area contributed by atoms with Crippen LogP contribution in [0.3, 0.4) is 0 Å². The number of hydrogen-bond donors (Lipinski definition) is 0. The summed E-state index contributed by atoms with van der Waals surface area (Å²) in [5.74, 6) is 3.48. The van der Waals surface area contributed by atoms with Crippen LogP contribution < -0.4 is 4.57 Å². The Kier molecular flexibility index (Phi) is 13.8. The van der Waals surface area contributed by atoms with Gasteiger partial charge < -0.3 is 4.74 Å². The highest BCUT2D eigenvalue weighted by Gasteiger charge is 2.68. The number of aryl methyl sites for hydroxylation is 1. The number of carbonyl (C=O) groups excluding carboxylic acids is 1. The second-order valence-electron chi connectivity index (χ2n) is 22.0. The summed E-state index contributed by atoms with van der Waals surface area (Å²) in [6, 6.07) is 4.01. The minimum Gasteiger partial charge on any atom is -0.458 e. The molecule has 0 amide bonds. The van der Waals surface area contributed by atoms with E-state index in [2.05, 4.69) is 79.2 Å². The van der Waals surface area contributed by atoms with E-state index in [1.165, 1.54) is 141 Å². The van der Waals surface area contributed by atoms with Gasteiger partial charge in [0.2, 0.25) is 0 Å². The summed E-state index contributed by atoms with van der Waals surface area (Å²) in [6.45, 7) is 24.0. The third-order valence-corrected chi connectivity index (χ3v) is 18.4. The van der Waals surface area contributed by atoms with Crippen molar-refractivity contribution < 1.29 is 14.1 Å². The molecule has 5 aliphatic carbocycles. The molecule has 5 aliphatic rings. The van der Waals surface area contributed by atoms with Gasteiger partial charge in [-0.1, -0.05) is 151 Å². The van der Waals surface area contributed by atoms with Crippen LogP contribution in [-0.4, -0.2) is 12.1 Å². The van der Waals surface area contributed by atoms with Crippen molar-refractivity contribution in [2.45, 2.75) is 223 Å². The molecule has 0 aromatic carbocycles. The predicted octanol–water partition coefficient (Wildman–Crippen LogP) is 14.7. The second kappa shape index (κ2) is 17.7. The van der Waals surface area contributed by atoms with Crippen LogP contribution in [0, 0.1) is 56.7 Å². The Hall–Kier alpha value is -1.64. The lowest BCUT2D eigenvalue weighted by atomic mass is 9.33. The number of allylic oxidation sites excluding steroid dienone is 2. The molecule has 6 rings (SSSR count).